The van der Waals surface area contributed by atoms with Gasteiger partial charge in [-0.25, -0.2) is 0 Å². The Morgan fingerprint density at radius 2 is 2.14 bits per heavy atom. The number of nitrogens with two attached hydrogens (primary N) is 1. The lowest BCUT2D eigenvalue weighted by Crippen LogP contribution is -2.51. The van der Waals surface area contributed by atoms with Crippen LogP contribution in [0.4, 0.5) is 0 Å². The second kappa shape index (κ2) is 7.58. The number of hydrogen-bond acceptors (Lipinski definition) is 4. The fraction of sp³-hybridized carbons (Fsp3) is 0.667. The average Bonchev–Trinajstić information content (AvgIpc) is 3.00. The van der Waals surface area contributed by atoms with Crippen LogP contribution in [-0.2, 0) is 14.9 Å². The summed E-state index contributed by atoms with van der Waals surface area (Å²) in [5.41, 5.74) is 5.37. The molecule has 1 aromatic heterocycles. The van der Waals surface area contributed by atoms with E-state index in [1.165, 1.54) is 4.88 Å². The maximum absolute atomic E-state index is 12.5. The Kier molecular flexibility index (Phi) is 6.66. The van der Waals surface area contributed by atoms with E-state index in [1.807, 2.05) is 6.07 Å². The van der Waals surface area contributed by atoms with Crippen LogP contribution in [0.25, 0.3) is 0 Å². The molecule has 1 aliphatic heterocycles. The van der Waals surface area contributed by atoms with Crippen molar-refractivity contribution in [2.45, 2.75) is 32.1 Å². The van der Waals surface area contributed by atoms with Gasteiger partial charge in [0.2, 0.25) is 5.91 Å². The van der Waals surface area contributed by atoms with Gasteiger partial charge in [0.05, 0.1) is 5.41 Å². The Balaban J connectivity index is 0.00000220. The minimum Gasteiger partial charge on any atom is -0.381 e. The second-order valence-corrected chi connectivity index (χ2v) is 7.09. The number of ether oxygens (including phenoxy) is 1. The first-order valence-electron chi connectivity index (χ1n) is 7.10. The molecule has 0 atom stereocenters. The van der Waals surface area contributed by atoms with Crippen LogP contribution in [0.2, 0.25) is 0 Å². The van der Waals surface area contributed by atoms with E-state index in [4.69, 9.17) is 10.5 Å². The molecule has 2 heterocycles. The molecule has 2 rings (SSSR count). The van der Waals surface area contributed by atoms with Gasteiger partial charge in [-0.2, -0.15) is 0 Å². The summed E-state index contributed by atoms with van der Waals surface area (Å²) in [5, 5.41) is 5.17. The molecular formula is C15H25ClN2O2S. The van der Waals surface area contributed by atoms with Crippen LogP contribution in [0.3, 0.4) is 0 Å². The molecule has 0 aromatic carbocycles. The monoisotopic (exact) mass is 332 g/mol. The van der Waals surface area contributed by atoms with Crippen molar-refractivity contribution in [3.8, 4) is 0 Å². The van der Waals surface area contributed by atoms with Crippen LogP contribution in [0.15, 0.2) is 17.5 Å². The highest BCUT2D eigenvalue weighted by molar-refractivity contribution is 7.10. The summed E-state index contributed by atoms with van der Waals surface area (Å²) in [6, 6.07) is 4.16. The Morgan fingerprint density at radius 3 is 2.67 bits per heavy atom. The van der Waals surface area contributed by atoms with Crippen LogP contribution in [-0.4, -0.2) is 32.2 Å². The first-order valence-corrected chi connectivity index (χ1v) is 7.98. The van der Waals surface area contributed by atoms with Gasteiger partial charge in [-0.3, -0.25) is 4.79 Å². The normalized spacial score (nSPS) is 17.9. The van der Waals surface area contributed by atoms with Crippen molar-refractivity contribution in [3.63, 3.8) is 0 Å². The predicted molar refractivity (Wildman–Crippen MR) is 89.1 cm³/mol. The first-order chi connectivity index (χ1) is 9.50. The lowest BCUT2D eigenvalue weighted by molar-refractivity contribution is -0.136. The number of thiophene rings is 1. The molecule has 0 unspecified atom stereocenters. The van der Waals surface area contributed by atoms with Crippen molar-refractivity contribution >= 4 is 29.7 Å². The van der Waals surface area contributed by atoms with E-state index >= 15 is 0 Å². The zero-order chi connectivity index (χ0) is 14.6. The summed E-state index contributed by atoms with van der Waals surface area (Å²) in [6.45, 7) is 6.57. The van der Waals surface area contributed by atoms with Gasteiger partial charge >= 0.3 is 0 Å². The molecule has 4 nitrogen and oxygen atoms in total. The number of carbonyl (C=O) groups is 1. The maximum Gasteiger partial charge on any atom is 0.227 e. The van der Waals surface area contributed by atoms with Gasteiger partial charge in [-0.15, -0.1) is 23.7 Å². The molecule has 3 N–H and O–H groups in total. The molecule has 0 saturated carbocycles. The zero-order valence-corrected chi connectivity index (χ0v) is 14.3. The molecule has 1 aromatic rings. The van der Waals surface area contributed by atoms with Gasteiger partial charge < -0.3 is 15.8 Å². The average molecular weight is 333 g/mol. The highest BCUT2D eigenvalue weighted by Crippen LogP contribution is 2.31. The summed E-state index contributed by atoms with van der Waals surface area (Å²) < 4.78 is 5.35. The van der Waals surface area contributed by atoms with Gasteiger partial charge in [0.25, 0.3) is 0 Å². The summed E-state index contributed by atoms with van der Waals surface area (Å²) in [6.07, 6.45) is 1.43. The van der Waals surface area contributed by atoms with Crippen molar-refractivity contribution in [1.82, 2.24) is 5.32 Å². The third-order valence-electron chi connectivity index (χ3n) is 4.20. The van der Waals surface area contributed by atoms with E-state index in [0.717, 1.165) is 12.8 Å². The van der Waals surface area contributed by atoms with Gasteiger partial charge in [0.1, 0.15) is 0 Å². The predicted octanol–water partition coefficient (Wildman–Crippen LogP) is 2.32. The van der Waals surface area contributed by atoms with Gasteiger partial charge in [0.15, 0.2) is 0 Å². The smallest absolute Gasteiger partial charge is 0.227 e. The minimum atomic E-state index is -0.441. The number of halogens is 1. The highest BCUT2D eigenvalue weighted by Gasteiger charge is 2.39. The van der Waals surface area contributed by atoms with Crippen molar-refractivity contribution in [2.24, 2.45) is 11.1 Å². The molecule has 0 spiro atoms. The van der Waals surface area contributed by atoms with Gasteiger partial charge in [0, 0.05) is 36.6 Å². The summed E-state index contributed by atoms with van der Waals surface area (Å²) >= 11 is 1.73. The first kappa shape index (κ1) is 18.4. The van der Waals surface area contributed by atoms with E-state index < -0.39 is 5.41 Å². The van der Waals surface area contributed by atoms with Crippen molar-refractivity contribution in [2.75, 3.05) is 26.3 Å². The Labute approximate surface area is 136 Å². The molecule has 6 heteroatoms. The molecule has 0 bridgehead atoms. The molecular weight excluding hydrogens is 308 g/mol. The standard InChI is InChI=1S/C15H24N2O2S.ClH/c1-14(2,12-4-3-9-20-12)11-17-13(18)15(10-16)5-7-19-8-6-15;/h3-4,9H,5-8,10-11,16H2,1-2H3,(H,17,18);1H. The highest BCUT2D eigenvalue weighted by atomic mass is 35.5. The maximum atomic E-state index is 12.5. The Bertz CT molecular complexity index is 443. The molecule has 1 amide bonds. The fourth-order valence-corrected chi connectivity index (χ4v) is 3.38. The van der Waals surface area contributed by atoms with Crippen LogP contribution in [0, 0.1) is 5.41 Å². The van der Waals surface area contributed by atoms with E-state index in [9.17, 15) is 4.79 Å². The SMILES string of the molecule is CC(C)(CNC(=O)C1(CN)CCOCC1)c1cccs1.Cl. The molecule has 21 heavy (non-hydrogen) atoms. The van der Waals surface area contributed by atoms with Gasteiger partial charge in [-0.1, -0.05) is 19.9 Å². The molecule has 0 radical (unpaired) electrons. The third-order valence-corrected chi connectivity index (χ3v) is 5.44. The van der Waals surface area contributed by atoms with E-state index in [1.54, 1.807) is 11.3 Å². The number of rotatable bonds is 5. The van der Waals surface area contributed by atoms with Crippen LogP contribution >= 0.6 is 23.7 Å². The number of amides is 1. The van der Waals surface area contributed by atoms with Crippen molar-refractivity contribution in [1.29, 1.82) is 0 Å². The molecule has 1 saturated heterocycles. The van der Waals surface area contributed by atoms with E-state index in [2.05, 4.69) is 30.6 Å². The lowest BCUT2D eigenvalue weighted by Gasteiger charge is -2.35. The molecule has 0 aliphatic carbocycles. The van der Waals surface area contributed by atoms with Crippen LogP contribution < -0.4 is 11.1 Å². The van der Waals surface area contributed by atoms with Gasteiger partial charge in [-0.05, 0) is 24.3 Å². The number of hydrogen-bond donors (Lipinski definition) is 2. The quantitative estimate of drug-likeness (QED) is 0.869. The minimum absolute atomic E-state index is 0. The zero-order valence-electron chi connectivity index (χ0n) is 12.7. The van der Waals surface area contributed by atoms with E-state index in [0.29, 0.717) is 26.3 Å². The summed E-state index contributed by atoms with van der Waals surface area (Å²) in [5.74, 6) is 0.0768. The topological polar surface area (TPSA) is 64.4 Å². The molecule has 1 fully saturated rings. The summed E-state index contributed by atoms with van der Waals surface area (Å²) in [7, 11) is 0. The second-order valence-electron chi connectivity index (χ2n) is 6.14. The van der Waals surface area contributed by atoms with Crippen molar-refractivity contribution < 1.29 is 9.53 Å². The molecule has 1 aliphatic rings. The fourth-order valence-electron chi connectivity index (χ4n) is 2.53. The van der Waals surface area contributed by atoms with E-state index in [-0.39, 0.29) is 23.7 Å². The summed E-state index contributed by atoms with van der Waals surface area (Å²) in [4.78, 5) is 13.8. The number of nitrogens with one attached hydrogen (secondary N) is 1. The van der Waals surface area contributed by atoms with Crippen LogP contribution in [0.5, 0.6) is 0 Å². The third kappa shape index (κ3) is 4.19. The lowest BCUT2D eigenvalue weighted by atomic mass is 9.79. The largest absolute Gasteiger partial charge is 0.381 e. The van der Waals surface area contributed by atoms with Crippen molar-refractivity contribution in [3.05, 3.63) is 22.4 Å². The Hall–Kier alpha value is -0.620. The molecule has 120 valence electrons. The van der Waals surface area contributed by atoms with Crippen LogP contribution in [0.1, 0.15) is 31.6 Å². The number of carbonyl (C=O) groups excluding carboxylic acids is 1. The Morgan fingerprint density at radius 1 is 1.48 bits per heavy atom.